The maximum atomic E-state index is 14.9. The molecule has 3 fully saturated rings. The fourth-order valence-corrected chi connectivity index (χ4v) is 13.3. The van der Waals surface area contributed by atoms with E-state index in [2.05, 4.69) is 95.9 Å². The van der Waals surface area contributed by atoms with Crippen LogP contribution < -0.4 is 4.74 Å². The lowest BCUT2D eigenvalue weighted by Gasteiger charge is -2.49. The van der Waals surface area contributed by atoms with Gasteiger partial charge in [0.05, 0.1) is 76.3 Å². The Kier molecular flexibility index (Phi) is 26.3. The first-order valence-electron chi connectivity index (χ1n) is 29.0. The Morgan fingerprint density at radius 1 is 0.840 bits per heavy atom. The lowest BCUT2D eigenvalue weighted by molar-refractivity contribution is -0.279. The van der Waals surface area contributed by atoms with Gasteiger partial charge in [0.25, 0.3) is 0 Å². The molecule has 19 heteroatoms. The highest BCUT2D eigenvalue weighted by atomic mass is 32.1. The number of methoxy groups -OCH3 is 3. The molecule has 0 saturated carbocycles. The summed E-state index contributed by atoms with van der Waals surface area (Å²) >= 11 is 4.43. The van der Waals surface area contributed by atoms with Gasteiger partial charge in [-0.25, -0.2) is 4.79 Å². The summed E-state index contributed by atoms with van der Waals surface area (Å²) in [6, 6.07) is 17.9. The summed E-state index contributed by atoms with van der Waals surface area (Å²) in [6.07, 6.45) is 7.93. The minimum Gasteiger partial charge on any atom is -0.497 e. The van der Waals surface area contributed by atoms with E-state index in [0.717, 1.165) is 35.3 Å². The first-order chi connectivity index (χ1) is 37.9. The maximum absolute atomic E-state index is 14.9. The van der Waals surface area contributed by atoms with Gasteiger partial charge in [0.1, 0.15) is 12.5 Å². The number of esters is 1. The number of ether oxygens (including phenoxy) is 9. The molecule has 11 atom stereocenters. The highest BCUT2D eigenvalue weighted by Crippen LogP contribution is 2.47. The Labute approximate surface area is 497 Å². The molecule has 3 heterocycles. The zero-order valence-corrected chi connectivity index (χ0v) is 55.9. The topological polar surface area (TPSA) is 145 Å². The van der Waals surface area contributed by atoms with Gasteiger partial charge in [-0.05, 0) is 105 Å². The molecule has 14 nitrogen and oxygen atoms in total. The second-order valence-electron chi connectivity index (χ2n) is 26.0. The summed E-state index contributed by atoms with van der Waals surface area (Å²) in [7, 11) is 2.46. The van der Waals surface area contributed by atoms with Crippen LogP contribution in [0.2, 0.25) is 36.3 Å². The molecular weight excluding hydrogens is 1100 g/mol. The normalized spacial score (nSPS) is 25.2. The molecule has 0 spiro atoms. The summed E-state index contributed by atoms with van der Waals surface area (Å²) < 4.78 is 76.9. The van der Waals surface area contributed by atoms with Crippen molar-refractivity contribution in [3.63, 3.8) is 0 Å². The van der Waals surface area contributed by atoms with E-state index in [1.165, 1.54) is 20.3 Å². The number of carbonyl (C=O) groups is 2. The molecule has 81 heavy (non-hydrogen) atoms. The number of ketones is 1. The van der Waals surface area contributed by atoms with Gasteiger partial charge in [0.15, 0.2) is 16.6 Å². The Morgan fingerprint density at radius 2 is 1.49 bits per heavy atom. The van der Waals surface area contributed by atoms with E-state index in [0.29, 0.717) is 58.3 Å². The predicted octanol–water partition coefficient (Wildman–Crippen LogP) is 13.3. The molecule has 0 aromatic heterocycles. The van der Waals surface area contributed by atoms with Crippen LogP contribution in [0.5, 0.6) is 5.75 Å². The van der Waals surface area contributed by atoms with Crippen LogP contribution in [0.3, 0.4) is 0 Å². The summed E-state index contributed by atoms with van der Waals surface area (Å²) in [5.74, 6) is -2.43. The molecule has 2 aromatic rings. The van der Waals surface area contributed by atoms with Crippen LogP contribution in [0.1, 0.15) is 131 Å². The average Bonchev–Trinajstić information content (AvgIpc) is 3.59. The van der Waals surface area contributed by atoms with E-state index in [-0.39, 0.29) is 71.4 Å². The van der Waals surface area contributed by atoms with Gasteiger partial charge < -0.3 is 56.1 Å². The van der Waals surface area contributed by atoms with Crippen molar-refractivity contribution >= 4 is 55.9 Å². The van der Waals surface area contributed by atoms with Crippen molar-refractivity contribution in [2.75, 3.05) is 34.7 Å². The maximum Gasteiger partial charge on any atom is 0.380 e. The van der Waals surface area contributed by atoms with Crippen molar-refractivity contribution in [3.05, 3.63) is 102 Å². The van der Waals surface area contributed by atoms with Gasteiger partial charge in [-0.2, -0.15) is 12.5 Å². The van der Waals surface area contributed by atoms with E-state index >= 15 is 0 Å². The quantitative estimate of drug-likeness (QED) is 0.0120. The van der Waals surface area contributed by atoms with Gasteiger partial charge in [-0.3, -0.25) is 4.79 Å². The zero-order valence-electron chi connectivity index (χ0n) is 51.8. The van der Waals surface area contributed by atoms with Gasteiger partial charge in [0.2, 0.25) is 11.6 Å². The molecule has 2 aromatic carbocycles. The van der Waals surface area contributed by atoms with E-state index in [1.54, 1.807) is 7.11 Å². The summed E-state index contributed by atoms with van der Waals surface area (Å²) in [4.78, 5) is 27.9. The van der Waals surface area contributed by atoms with Gasteiger partial charge in [0, 0.05) is 56.1 Å². The lowest BCUT2D eigenvalue weighted by atomic mass is 9.74. The Hall–Kier alpha value is -2.52. The molecule has 0 N–H and O–H groups in total. The van der Waals surface area contributed by atoms with Crippen LogP contribution in [0, 0.1) is 5.41 Å². The summed E-state index contributed by atoms with van der Waals surface area (Å²) in [6.45, 7) is 34.1. The fourth-order valence-electron chi connectivity index (χ4n) is 10.2. The van der Waals surface area contributed by atoms with Gasteiger partial charge >= 0.3 is 11.9 Å². The van der Waals surface area contributed by atoms with Crippen LogP contribution >= 0.6 is 21.6 Å². The SMILES string of the molecule is C=C1C[C@@H](C[C@H]2C[C@@H](O[Si](C)(C)C(C)(C)C)C[C@@H](C[C@H](CCOB(P)S)OCc3ccc(OC)cc3)O2)O[C@@H](C=CC(C)(C)[C@]2(OC)O[C@H](C[C@@H](O[Si](C)(C)C(C)(C)C)[C@@H](C)OCOCc3ccccc3)CC(=CC(=O)OC)C2=O)C1. The molecule has 0 amide bonds. The summed E-state index contributed by atoms with van der Waals surface area (Å²) in [5.41, 5.74) is 2.30. The molecular formula is C62H100BO14PSSi2. The van der Waals surface area contributed by atoms with E-state index in [9.17, 15) is 9.59 Å². The number of rotatable bonds is 29. The molecule has 3 saturated heterocycles. The van der Waals surface area contributed by atoms with Crippen LogP contribution in [0.25, 0.3) is 0 Å². The average molecular weight is 1200 g/mol. The molecule has 3 aliphatic rings. The monoisotopic (exact) mass is 1200 g/mol. The molecule has 5 rings (SSSR count). The van der Waals surface area contributed by atoms with Crippen molar-refractivity contribution in [3.8, 4) is 5.75 Å². The highest BCUT2D eigenvalue weighted by Gasteiger charge is 2.57. The van der Waals surface area contributed by atoms with E-state index in [4.69, 9.17) is 56.1 Å². The third kappa shape index (κ3) is 20.6. The van der Waals surface area contributed by atoms with Crippen molar-refractivity contribution in [2.24, 2.45) is 5.41 Å². The zero-order chi connectivity index (χ0) is 60.0. The molecule has 0 radical (unpaired) electrons. The molecule has 0 aliphatic carbocycles. The molecule has 1 unspecified atom stereocenters. The third-order valence-corrected chi connectivity index (χ3v) is 26.4. The first kappa shape index (κ1) is 69.3. The predicted molar refractivity (Wildman–Crippen MR) is 333 cm³/mol. The Balaban J connectivity index is 1.37. The highest BCUT2D eigenvalue weighted by molar-refractivity contribution is 8.23. The van der Waals surface area contributed by atoms with Crippen molar-refractivity contribution < 1.29 is 65.7 Å². The van der Waals surface area contributed by atoms with Crippen molar-refractivity contribution in [2.45, 2.75) is 230 Å². The standard InChI is InChI=1S/C62H100BO14PSSi2/c1-43-31-50(73-51(32-43)36-53-38-55(76-80(14,15)59(3,4)5)37-52(74-53)35-49(28-30-72-63(78)79)70-41-46-23-25-48(66-11)26-24-46)27-29-61(9,10)62(68-13)58(65)47(34-57(64)67-12)33-54(75-62)39-56(77-81(16,17)60(6,7)8)44(2)71-42-69-40-45-21-19-18-20-22-45/h18-27,29,34,44,49-56,79H,1,28,30-33,35-42,78H2,2-17H3/t44-,49+,50+,51+,52-,53+,54+,55+,56-,62-/m1/s1. The minimum absolute atomic E-state index is 0.00549. The third-order valence-electron chi connectivity index (χ3n) is 17.0. The molecule has 0 bridgehead atoms. The smallest absolute Gasteiger partial charge is 0.380 e. The van der Waals surface area contributed by atoms with Gasteiger partial charge in [-0.15, -0.1) is 9.12 Å². The summed E-state index contributed by atoms with van der Waals surface area (Å²) in [5, 5.41) is -0.0895. The van der Waals surface area contributed by atoms with Crippen LogP contribution in [0.4, 0.5) is 0 Å². The van der Waals surface area contributed by atoms with Crippen LogP contribution in [0.15, 0.2) is 90.6 Å². The number of carbonyl (C=O) groups excluding carboxylic acids is 2. The van der Waals surface area contributed by atoms with Gasteiger partial charge in [-0.1, -0.05) is 122 Å². The fraction of sp³-hybridized carbons (Fsp3) is 0.677. The van der Waals surface area contributed by atoms with Crippen LogP contribution in [-0.4, -0.2) is 130 Å². The Bertz CT molecular complexity index is 2360. The number of Topliss-reactive ketones (excluding diaryl/α,β-unsaturated/α-hetero) is 1. The number of thiol groups is 1. The second kappa shape index (κ2) is 30.7. The largest absolute Gasteiger partial charge is 0.497 e. The number of hydrogen-bond acceptors (Lipinski definition) is 15. The molecule has 454 valence electrons. The molecule has 3 aliphatic heterocycles. The van der Waals surface area contributed by atoms with E-state index in [1.807, 2.05) is 87.5 Å². The lowest BCUT2D eigenvalue weighted by Crippen LogP contribution is -2.60. The number of benzene rings is 2. The van der Waals surface area contributed by atoms with Crippen molar-refractivity contribution in [1.29, 1.82) is 0 Å². The number of hydrogen-bond donors (Lipinski definition) is 1. The van der Waals surface area contributed by atoms with E-state index < -0.39 is 57.9 Å². The second-order valence-corrected chi connectivity index (χ2v) is 37.1. The van der Waals surface area contributed by atoms with Crippen molar-refractivity contribution in [1.82, 2.24) is 0 Å². The first-order valence-corrected chi connectivity index (χ1v) is 36.0. The minimum atomic E-state index is -2.39. The van der Waals surface area contributed by atoms with Crippen LogP contribution in [-0.2, 0) is 74.2 Å². The Morgan fingerprint density at radius 3 is 2.11 bits per heavy atom.